The number of rotatable bonds is 4. The van der Waals surface area contributed by atoms with Gasteiger partial charge in [-0.15, -0.1) is 0 Å². The van der Waals surface area contributed by atoms with Crippen LogP contribution in [-0.2, 0) is 22.9 Å². The molecule has 1 saturated heterocycles. The predicted molar refractivity (Wildman–Crippen MR) is 71.2 cm³/mol. The van der Waals surface area contributed by atoms with Crippen molar-refractivity contribution in [2.45, 2.75) is 45.8 Å². The summed E-state index contributed by atoms with van der Waals surface area (Å²) in [5, 5.41) is 7.72. The number of aromatic nitrogens is 2. The molecule has 0 radical (unpaired) electrons. The lowest BCUT2D eigenvalue weighted by atomic mass is 10.2. The van der Waals surface area contributed by atoms with Crippen LogP contribution in [0.1, 0.15) is 31.2 Å². The van der Waals surface area contributed by atoms with Gasteiger partial charge in [-0.3, -0.25) is 4.68 Å². The van der Waals surface area contributed by atoms with Crippen molar-refractivity contribution >= 4 is 9.84 Å². The molecule has 5 nitrogen and oxygen atoms in total. The van der Waals surface area contributed by atoms with E-state index in [1.807, 2.05) is 17.7 Å². The summed E-state index contributed by atoms with van der Waals surface area (Å²) >= 11 is 0. The molecule has 1 N–H and O–H groups in total. The van der Waals surface area contributed by atoms with E-state index in [0.717, 1.165) is 30.8 Å². The molecule has 0 bridgehead atoms. The van der Waals surface area contributed by atoms with E-state index in [2.05, 4.69) is 17.3 Å². The minimum absolute atomic E-state index is 0.0873. The van der Waals surface area contributed by atoms with Crippen molar-refractivity contribution in [1.29, 1.82) is 0 Å². The summed E-state index contributed by atoms with van der Waals surface area (Å²) in [5.41, 5.74) is 2.13. The lowest BCUT2D eigenvalue weighted by molar-refractivity contribution is 0.467. The molecule has 1 fully saturated rings. The van der Waals surface area contributed by atoms with Crippen molar-refractivity contribution in [3.05, 3.63) is 17.5 Å². The molecule has 1 aromatic heterocycles. The summed E-state index contributed by atoms with van der Waals surface area (Å²) < 4.78 is 25.0. The Morgan fingerprint density at radius 3 is 3.00 bits per heavy atom. The van der Waals surface area contributed by atoms with Crippen LogP contribution >= 0.6 is 0 Å². The highest BCUT2D eigenvalue weighted by Crippen LogP contribution is 2.13. The van der Waals surface area contributed by atoms with E-state index >= 15 is 0 Å². The number of hydrogen-bond donors (Lipinski definition) is 1. The van der Waals surface area contributed by atoms with E-state index < -0.39 is 9.84 Å². The van der Waals surface area contributed by atoms with Gasteiger partial charge in [-0.25, -0.2) is 8.42 Å². The second-order valence-electron chi connectivity index (χ2n) is 4.93. The number of aryl methyl sites for hydroxylation is 2. The molecule has 1 aromatic rings. The smallest absolute Gasteiger partial charge is 0.151 e. The summed E-state index contributed by atoms with van der Waals surface area (Å²) in [6.45, 7) is 5.56. The Kier molecular flexibility index (Phi) is 4.07. The zero-order valence-electron chi connectivity index (χ0n) is 11.0. The highest BCUT2D eigenvalue weighted by atomic mass is 32.2. The quantitative estimate of drug-likeness (QED) is 0.883. The van der Waals surface area contributed by atoms with E-state index in [4.69, 9.17) is 0 Å². The van der Waals surface area contributed by atoms with E-state index in [0.29, 0.717) is 12.3 Å². The van der Waals surface area contributed by atoms with Gasteiger partial charge in [0.05, 0.1) is 22.9 Å². The molecule has 0 aliphatic carbocycles. The van der Waals surface area contributed by atoms with Crippen LogP contribution in [0.2, 0.25) is 0 Å². The average molecular weight is 271 g/mol. The Morgan fingerprint density at radius 1 is 1.56 bits per heavy atom. The van der Waals surface area contributed by atoms with Crippen molar-refractivity contribution in [2.24, 2.45) is 0 Å². The highest BCUT2D eigenvalue weighted by Gasteiger charge is 2.24. The molecule has 1 unspecified atom stereocenters. The lowest BCUT2D eigenvalue weighted by Gasteiger charge is -2.23. The number of nitrogens with one attached hydrogen (secondary N) is 1. The molecule has 1 aliphatic rings. The largest absolute Gasteiger partial charge is 0.307 e. The minimum atomic E-state index is -2.83. The van der Waals surface area contributed by atoms with Crippen LogP contribution in [0.15, 0.2) is 6.07 Å². The maximum atomic E-state index is 11.5. The van der Waals surface area contributed by atoms with Crippen LogP contribution in [0.5, 0.6) is 0 Å². The molecule has 2 heterocycles. The average Bonchev–Trinajstić information content (AvgIpc) is 2.66. The summed E-state index contributed by atoms with van der Waals surface area (Å²) in [7, 11) is -2.83. The van der Waals surface area contributed by atoms with E-state index in [1.54, 1.807) is 0 Å². The molecule has 102 valence electrons. The second-order valence-corrected chi connectivity index (χ2v) is 7.16. The van der Waals surface area contributed by atoms with Gasteiger partial charge in [0, 0.05) is 19.1 Å². The Balaban J connectivity index is 1.95. The van der Waals surface area contributed by atoms with Gasteiger partial charge in [-0.1, -0.05) is 0 Å². The van der Waals surface area contributed by atoms with Gasteiger partial charge >= 0.3 is 0 Å². The third-order valence-electron chi connectivity index (χ3n) is 3.32. The van der Waals surface area contributed by atoms with Crippen LogP contribution in [0.3, 0.4) is 0 Å². The van der Waals surface area contributed by atoms with Gasteiger partial charge < -0.3 is 5.32 Å². The Morgan fingerprint density at radius 2 is 2.33 bits per heavy atom. The first-order valence-electron chi connectivity index (χ1n) is 6.47. The first-order chi connectivity index (χ1) is 8.50. The zero-order valence-corrected chi connectivity index (χ0v) is 11.8. The zero-order chi connectivity index (χ0) is 13.2. The number of nitrogens with zero attached hydrogens (tertiary/aromatic N) is 2. The van der Waals surface area contributed by atoms with E-state index in [9.17, 15) is 8.42 Å². The molecule has 1 aliphatic heterocycles. The van der Waals surface area contributed by atoms with Crippen molar-refractivity contribution < 1.29 is 8.42 Å². The fourth-order valence-electron chi connectivity index (χ4n) is 2.45. The summed E-state index contributed by atoms with van der Waals surface area (Å²) in [6.07, 6.45) is 1.71. The first kappa shape index (κ1) is 13.5. The van der Waals surface area contributed by atoms with Gasteiger partial charge in [0.2, 0.25) is 0 Å². The van der Waals surface area contributed by atoms with E-state index in [-0.39, 0.29) is 11.8 Å². The van der Waals surface area contributed by atoms with Crippen LogP contribution in [0.4, 0.5) is 0 Å². The molecule has 0 amide bonds. The molecule has 0 spiro atoms. The van der Waals surface area contributed by atoms with E-state index in [1.165, 1.54) is 0 Å². The molecule has 0 aromatic carbocycles. The second kappa shape index (κ2) is 5.40. The molecular formula is C12H21N3O2S. The highest BCUT2D eigenvalue weighted by molar-refractivity contribution is 7.91. The lowest BCUT2D eigenvalue weighted by Crippen LogP contribution is -2.40. The maximum Gasteiger partial charge on any atom is 0.151 e. The van der Waals surface area contributed by atoms with Crippen molar-refractivity contribution in [1.82, 2.24) is 15.1 Å². The van der Waals surface area contributed by atoms with Gasteiger partial charge in [0.1, 0.15) is 0 Å². The summed E-state index contributed by atoms with van der Waals surface area (Å²) in [4.78, 5) is 0. The summed E-state index contributed by atoms with van der Waals surface area (Å²) in [6, 6.07) is 2.14. The SMILES string of the molecule is CCn1nc(C)cc1CNC1CCCS(=O)(=O)C1. The van der Waals surface area contributed by atoms with Gasteiger partial charge in [0.25, 0.3) is 0 Å². The van der Waals surface area contributed by atoms with Gasteiger partial charge in [-0.05, 0) is 32.8 Å². The fraction of sp³-hybridized carbons (Fsp3) is 0.750. The van der Waals surface area contributed by atoms with Crippen LogP contribution < -0.4 is 5.32 Å². The standard InChI is InChI=1S/C12H21N3O2S/c1-3-15-12(7-10(2)14-15)8-13-11-5-4-6-18(16,17)9-11/h7,11,13H,3-6,8-9H2,1-2H3. The molecule has 2 rings (SSSR count). The van der Waals surface area contributed by atoms with Gasteiger partial charge in [0.15, 0.2) is 9.84 Å². The maximum absolute atomic E-state index is 11.5. The Bertz CT molecular complexity index is 507. The van der Waals surface area contributed by atoms with Crippen molar-refractivity contribution in [2.75, 3.05) is 11.5 Å². The number of hydrogen-bond acceptors (Lipinski definition) is 4. The fourth-order valence-corrected chi connectivity index (χ4v) is 4.12. The van der Waals surface area contributed by atoms with Crippen LogP contribution in [0.25, 0.3) is 0 Å². The van der Waals surface area contributed by atoms with Crippen LogP contribution in [-0.4, -0.2) is 35.7 Å². The molecule has 18 heavy (non-hydrogen) atoms. The third kappa shape index (κ3) is 3.32. The minimum Gasteiger partial charge on any atom is -0.307 e. The summed E-state index contributed by atoms with van der Waals surface area (Å²) in [5.74, 6) is 0.615. The topological polar surface area (TPSA) is 64.0 Å². The Labute approximate surface area is 108 Å². The number of sulfone groups is 1. The third-order valence-corrected chi connectivity index (χ3v) is 5.14. The first-order valence-corrected chi connectivity index (χ1v) is 8.29. The van der Waals surface area contributed by atoms with Crippen molar-refractivity contribution in [3.8, 4) is 0 Å². The molecule has 1 atom stereocenters. The Hall–Kier alpha value is -0.880. The molecule has 6 heteroatoms. The molecular weight excluding hydrogens is 250 g/mol. The van der Waals surface area contributed by atoms with Crippen LogP contribution in [0, 0.1) is 6.92 Å². The normalized spacial score (nSPS) is 23.1. The predicted octanol–water partition coefficient (Wildman–Crippen LogP) is 0.878. The van der Waals surface area contributed by atoms with Gasteiger partial charge in [-0.2, -0.15) is 5.10 Å². The monoisotopic (exact) mass is 271 g/mol. The molecule has 0 saturated carbocycles. The van der Waals surface area contributed by atoms with Crippen molar-refractivity contribution in [3.63, 3.8) is 0 Å².